The topological polar surface area (TPSA) is 125 Å². The zero-order valence-corrected chi connectivity index (χ0v) is 20.9. The number of aromatic amines is 2. The highest BCUT2D eigenvalue weighted by molar-refractivity contribution is 5.96. The zero-order valence-electron chi connectivity index (χ0n) is 20.9. The Bertz CT molecular complexity index is 1800. The van der Waals surface area contributed by atoms with E-state index in [2.05, 4.69) is 30.1 Å². The molecule has 0 radical (unpaired) electrons. The second-order valence-electron chi connectivity index (χ2n) is 9.82. The molecule has 1 aromatic carbocycles. The highest BCUT2D eigenvalue weighted by Gasteiger charge is 2.19. The summed E-state index contributed by atoms with van der Waals surface area (Å²) in [5.41, 5.74) is 5.14. The van der Waals surface area contributed by atoms with Gasteiger partial charge in [-0.15, -0.1) is 0 Å². The molecule has 5 aromatic heterocycles. The molecule has 0 amide bonds. The number of ether oxygens (including phenoxy) is 1. The first-order valence-electron chi connectivity index (χ1n) is 12.9. The molecule has 39 heavy (non-hydrogen) atoms. The summed E-state index contributed by atoms with van der Waals surface area (Å²) in [6.07, 6.45) is 13.0. The third-order valence-corrected chi connectivity index (χ3v) is 7.12. The standard InChI is InChI=1S/C29H24FN7O2/c30-19-8-16(9-20(38)12-19)23-6-7-32-28-25(23)34-29(35-28)26-24-11-18(14-33-27(24)37-36-26)17-10-22(15-31-13-17)39-21-4-2-1-3-5-21/h6-15,21,38H,1-5H2,(H,32,34,35)(H,33,36,37). The van der Waals surface area contributed by atoms with Crippen molar-refractivity contribution in [3.8, 4) is 45.3 Å². The Hall–Kier alpha value is -4.86. The van der Waals surface area contributed by atoms with Crippen molar-refractivity contribution in [3.05, 3.63) is 67.0 Å². The number of H-pyrrole nitrogens is 2. The molecule has 0 unspecified atom stereocenters. The number of nitrogens with zero attached hydrogens (tertiary/aromatic N) is 5. The molecular weight excluding hydrogens is 497 g/mol. The molecule has 7 rings (SSSR count). The number of imidazole rings is 1. The number of aromatic hydroxyl groups is 1. The predicted molar refractivity (Wildman–Crippen MR) is 145 cm³/mol. The highest BCUT2D eigenvalue weighted by Crippen LogP contribution is 2.34. The Balaban J connectivity index is 1.26. The minimum Gasteiger partial charge on any atom is -0.508 e. The van der Waals surface area contributed by atoms with Crippen molar-refractivity contribution >= 4 is 22.2 Å². The van der Waals surface area contributed by atoms with Crippen LogP contribution < -0.4 is 4.74 Å². The maximum absolute atomic E-state index is 14.0. The van der Waals surface area contributed by atoms with Crippen molar-refractivity contribution < 1.29 is 14.2 Å². The lowest BCUT2D eigenvalue weighted by molar-refractivity contribution is 0.154. The monoisotopic (exact) mass is 521 g/mol. The molecular formula is C29H24FN7O2. The molecule has 1 aliphatic rings. The van der Waals surface area contributed by atoms with Crippen LogP contribution in [0.1, 0.15) is 32.1 Å². The van der Waals surface area contributed by atoms with Crippen LogP contribution in [0.2, 0.25) is 0 Å². The molecule has 6 aromatic rings. The molecule has 1 saturated carbocycles. The minimum atomic E-state index is -0.537. The zero-order chi connectivity index (χ0) is 26.3. The number of phenols is 1. The first kappa shape index (κ1) is 23.3. The van der Waals surface area contributed by atoms with E-state index in [0.717, 1.165) is 41.2 Å². The van der Waals surface area contributed by atoms with Gasteiger partial charge in [0.2, 0.25) is 0 Å². The van der Waals surface area contributed by atoms with Crippen LogP contribution in [0, 0.1) is 5.82 Å². The first-order chi connectivity index (χ1) is 19.1. The molecule has 10 heteroatoms. The fourth-order valence-corrected chi connectivity index (χ4v) is 5.24. The third kappa shape index (κ3) is 4.43. The van der Waals surface area contributed by atoms with Crippen molar-refractivity contribution in [1.29, 1.82) is 0 Å². The van der Waals surface area contributed by atoms with E-state index >= 15 is 0 Å². The van der Waals surface area contributed by atoms with Crippen molar-refractivity contribution in [2.75, 3.05) is 0 Å². The van der Waals surface area contributed by atoms with Gasteiger partial charge in [0.1, 0.15) is 28.5 Å². The van der Waals surface area contributed by atoms with E-state index in [4.69, 9.17) is 9.72 Å². The maximum atomic E-state index is 14.0. The van der Waals surface area contributed by atoms with Gasteiger partial charge >= 0.3 is 0 Å². The normalized spacial score (nSPS) is 14.3. The van der Waals surface area contributed by atoms with Crippen LogP contribution in [0.4, 0.5) is 4.39 Å². The molecule has 0 bridgehead atoms. The number of hydrogen-bond acceptors (Lipinski definition) is 7. The van der Waals surface area contributed by atoms with E-state index in [9.17, 15) is 9.50 Å². The average Bonchev–Trinajstić information content (AvgIpc) is 3.57. The van der Waals surface area contributed by atoms with Gasteiger partial charge in [0.05, 0.1) is 17.7 Å². The number of fused-ring (bicyclic) bond motifs is 2. The van der Waals surface area contributed by atoms with Crippen molar-refractivity contribution in [2.45, 2.75) is 38.2 Å². The molecule has 0 aliphatic heterocycles. The number of benzene rings is 1. The molecule has 3 N–H and O–H groups in total. The molecule has 194 valence electrons. The average molecular weight is 522 g/mol. The smallest absolute Gasteiger partial charge is 0.161 e. The van der Waals surface area contributed by atoms with E-state index < -0.39 is 5.82 Å². The number of pyridine rings is 3. The van der Waals surface area contributed by atoms with Gasteiger partial charge in [0.15, 0.2) is 17.1 Å². The van der Waals surface area contributed by atoms with Crippen molar-refractivity contribution in [2.24, 2.45) is 0 Å². The lowest BCUT2D eigenvalue weighted by atomic mass is 9.98. The fraction of sp³-hybridized carbons (Fsp3) is 0.207. The summed E-state index contributed by atoms with van der Waals surface area (Å²) in [6.45, 7) is 0. The van der Waals surface area contributed by atoms with Crippen molar-refractivity contribution in [3.63, 3.8) is 0 Å². The van der Waals surface area contributed by atoms with Crippen LogP contribution in [0.5, 0.6) is 11.5 Å². The van der Waals surface area contributed by atoms with Gasteiger partial charge in [-0.05, 0) is 61.6 Å². The summed E-state index contributed by atoms with van der Waals surface area (Å²) in [6, 6.07) is 9.63. The largest absolute Gasteiger partial charge is 0.508 e. The Kier molecular flexibility index (Phi) is 5.65. The Morgan fingerprint density at radius 3 is 2.64 bits per heavy atom. The van der Waals surface area contributed by atoms with Gasteiger partial charge in [-0.2, -0.15) is 5.10 Å². The van der Waals surface area contributed by atoms with Gasteiger partial charge in [-0.3, -0.25) is 10.1 Å². The van der Waals surface area contributed by atoms with Crippen LogP contribution >= 0.6 is 0 Å². The molecule has 1 fully saturated rings. The Morgan fingerprint density at radius 1 is 0.897 bits per heavy atom. The second kappa shape index (κ2) is 9.46. The lowest BCUT2D eigenvalue weighted by Crippen LogP contribution is -2.19. The fourth-order valence-electron chi connectivity index (χ4n) is 5.24. The summed E-state index contributed by atoms with van der Waals surface area (Å²) in [7, 11) is 0. The van der Waals surface area contributed by atoms with Gasteiger partial charge in [-0.25, -0.2) is 19.3 Å². The number of rotatable bonds is 5. The van der Waals surface area contributed by atoms with E-state index in [0.29, 0.717) is 39.5 Å². The molecule has 1 aliphatic carbocycles. The molecule has 0 spiro atoms. The SMILES string of the molecule is Oc1cc(F)cc(-c2ccnc3[nH]c(-c4n[nH]c5ncc(-c6cncc(OC7CCCCC7)c6)cc45)nc23)c1. The summed E-state index contributed by atoms with van der Waals surface area (Å²) >= 11 is 0. The van der Waals surface area contributed by atoms with Gasteiger partial charge < -0.3 is 14.8 Å². The first-order valence-corrected chi connectivity index (χ1v) is 12.9. The molecule has 5 heterocycles. The molecule has 0 saturated heterocycles. The summed E-state index contributed by atoms with van der Waals surface area (Å²) in [4.78, 5) is 21.4. The summed E-state index contributed by atoms with van der Waals surface area (Å²) < 4.78 is 20.2. The Labute approximate surface area is 222 Å². The number of halogens is 1. The van der Waals surface area contributed by atoms with Crippen LogP contribution in [-0.4, -0.2) is 46.3 Å². The van der Waals surface area contributed by atoms with Gasteiger partial charge in [-0.1, -0.05) is 6.42 Å². The quantitative estimate of drug-likeness (QED) is 0.247. The third-order valence-electron chi connectivity index (χ3n) is 7.12. The minimum absolute atomic E-state index is 0.162. The maximum Gasteiger partial charge on any atom is 0.161 e. The summed E-state index contributed by atoms with van der Waals surface area (Å²) in [5, 5.41) is 18.1. The van der Waals surface area contributed by atoms with E-state index in [1.165, 1.54) is 31.4 Å². The number of aromatic nitrogens is 7. The Morgan fingerprint density at radius 2 is 1.77 bits per heavy atom. The van der Waals surface area contributed by atoms with Crippen LogP contribution in [0.3, 0.4) is 0 Å². The number of nitrogens with one attached hydrogen (secondary N) is 2. The van der Waals surface area contributed by atoms with E-state index in [1.807, 2.05) is 12.1 Å². The molecule has 0 atom stereocenters. The molecule has 9 nitrogen and oxygen atoms in total. The van der Waals surface area contributed by atoms with Crippen LogP contribution in [0.25, 0.3) is 56.0 Å². The summed E-state index contributed by atoms with van der Waals surface area (Å²) in [5.74, 6) is 0.546. The van der Waals surface area contributed by atoms with Crippen LogP contribution in [-0.2, 0) is 0 Å². The van der Waals surface area contributed by atoms with Crippen LogP contribution in [0.15, 0.2) is 61.2 Å². The van der Waals surface area contributed by atoms with Gasteiger partial charge in [0, 0.05) is 41.3 Å². The number of hydrogen-bond donors (Lipinski definition) is 3. The highest BCUT2D eigenvalue weighted by atomic mass is 19.1. The lowest BCUT2D eigenvalue weighted by Gasteiger charge is -2.23. The van der Waals surface area contributed by atoms with E-state index in [-0.39, 0.29) is 11.9 Å². The van der Waals surface area contributed by atoms with E-state index in [1.54, 1.807) is 30.9 Å². The van der Waals surface area contributed by atoms with Crippen molar-refractivity contribution in [1.82, 2.24) is 35.1 Å². The second-order valence-corrected chi connectivity index (χ2v) is 9.82. The van der Waals surface area contributed by atoms with Gasteiger partial charge in [0.25, 0.3) is 0 Å². The predicted octanol–water partition coefficient (Wildman–Crippen LogP) is 6.18. The number of phenolic OH excluding ortho intramolecular Hbond substituents is 1.